The van der Waals surface area contributed by atoms with Crippen LogP contribution in [0.3, 0.4) is 0 Å². The third kappa shape index (κ3) is 3.66. The minimum atomic E-state index is -3.43. The zero-order valence-electron chi connectivity index (χ0n) is 16.1. The summed E-state index contributed by atoms with van der Waals surface area (Å²) in [6.07, 6.45) is 7.96. The molecule has 0 radical (unpaired) electrons. The molecule has 152 valence electrons. The molecule has 8 nitrogen and oxygen atoms in total. The monoisotopic (exact) mass is 405 g/mol. The highest BCUT2D eigenvalue weighted by Gasteiger charge is 2.30. The molecular weight excluding hydrogens is 378 g/mol. The molecule has 28 heavy (non-hydrogen) atoms. The van der Waals surface area contributed by atoms with Crippen LogP contribution in [-0.2, 0) is 17.1 Å². The number of hydrogen-bond acceptors (Lipinski definition) is 6. The van der Waals surface area contributed by atoms with E-state index in [1.54, 1.807) is 18.3 Å². The summed E-state index contributed by atoms with van der Waals surface area (Å²) in [5, 5.41) is 10.6. The van der Waals surface area contributed by atoms with Crippen molar-refractivity contribution in [2.24, 2.45) is 13.0 Å². The second-order valence-corrected chi connectivity index (χ2v) is 9.57. The summed E-state index contributed by atoms with van der Waals surface area (Å²) in [4.78, 5) is 11.1. The fraction of sp³-hybridized carbons (Fsp3) is 0.579. The van der Waals surface area contributed by atoms with Gasteiger partial charge in [-0.1, -0.05) is 0 Å². The average molecular weight is 406 g/mol. The topological polar surface area (TPSA) is 91.6 Å². The maximum Gasteiger partial charge on any atom is 0.244 e. The number of aromatic nitrogens is 3. The van der Waals surface area contributed by atoms with Gasteiger partial charge in [0, 0.05) is 51.8 Å². The maximum atomic E-state index is 12.6. The highest BCUT2D eigenvalue weighted by Crippen LogP contribution is 2.31. The van der Waals surface area contributed by atoms with E-state index in [1.165, 1.54) is 10.5 Å². The van der Waals surface area contributed by atoms with Crippen LogP contribution >= 0.6 is 0 Å². The van der Waals surface area contributed by atoms with Gasteiger partial charge in [-0.05, 0) is 43.7 Å². The number of sulfonamides is 1. The third-order valence-electron chi connectivity index (χ3n) is 5.86. The normalized spacial score (nSPS) is 20.6. The van der Waals surface area contributed by atoms with Gasteiger partial charge in [-0.3, -0.25) is 0 Å². The van der Waals surface area contributed by atoms with Crippen molar-refractivity contribution < 1.29 is 13.5 Å². The Morgan fingerprint density at radius 3 is 2.39 bits per heavy atom. The highest BCUT2D eigenvalue weighted by atomic mass is 32.2. The van der Waals surface area contributed by atoms with Crippen LogP contribution in [0.25, 0.3) is 0 Å². The molecule has 0 spiro atoms. The second-order valence-electron chi connectivity index (χ2n) is 7.63. The van der Waals surface area contributed by atoms with E-state index in [2.05, 4.69) is 14.9 Å². The Labute approximate surface area is 165 Å². The lowest BCUT2D eigenvalue weighted by molar-refractivity contribution is 0.0824. The summed E-state index contributed by atoms with van der Waals surface area (Å²) in [6, 6.07) is 3.45. The predicted molar refractivity (Wildman–Crippen MR) is 105 cm³/mol. The molecule has 1 N–H and O–H groups in total. The minimum Gasteiger partial charge on any atom is -0.385 e. The van der Waals surface area contributed by atoms with E-state index in [9.17, 15) is 13.5 Å². The van der Waals surface area contributed by atoms with E-state index in [0.29, 0.717) is 18.9 Å². The number of rotatable bonds is 5. The van der Waals surface area contributed by atoms with Crippen molar-refractivity contribution in [1.29, 1.82) is 0 Å². The van der Waals surface area contributed by atoms with Gasteiger partial charge in [-0.2, -0.15) is 4.31 Å². The summed E-state index contributed by atoms with van der Waals surface area (Å²) in [5.41, 5.74) is 0. The molecule has 4 rings (SSSR count). The van der Waals surface area contributed by atoms with Gasteiger partial charge in [-0.15, -0.1) is 0 Å². The molecule has 0 aromatic carbocycles. The quantitative estimate of drug-likeness (QED) is 0.812. The molecule has 0 saturated carbocycles. The Kier molecular flexibility index (Phi) is 5.39. The van der Waals surface area contributed by atoms with Crippen LogP contribution < -0.4 is 4.90 Å². The molecule has 2 aliphatic rings. The van der Waals surface area contributed by atoms with Gasteiger partial charge in [0.15, 0.2) is 0 Å². The first-order valence-electron chi connectivity index (χ1n) is 9.83. The van der Waals surface area contributed by atoms with Crippen LogP contribution in [0.15, 0.2) is 35.6 Å². The lowest BCUT2D eigenvalue weighted by atomic mass is 9.90. The van der Waals surface area contributed by atoms with Gasteiger partial charge < -0.3 is 14.6 Å². The van der Waals surface area contributed by atoms with Crippen LogP contribution in [-0.4, -0.2) is 58.5 Å². The summed E-state index contributed by atoms with van der Waals surface area (Å²) in [6.45, 7) is 2.74. The maximum absolute atomic E-state index is 12.6. The fourth-order valence-corrected chi connectivity index (χ4v) is 5.57. The van der Waals surface area contributed by atoms with E-state index in [-0.39, 0.29) is 10.8 Å². The molecule has 2 aromatic heterocycles. The number of hydrogen-bond donors (Lipinski definition) is 1. The van der Waals surface area contributed by atoms with Crippen molar-refractivity contribution in [2.75, 3.05) is 31.1 Å². The third-order valence-corrected chi connectivity index (χ3v) is 7.74. The summed E-state index contributed by atoms with van der Waals surface area (Å²) in [5.74, 6) is 1.64. The number of aliphatic hydroxyl groups excluding tert-OH is 1. The SMILES string of the molecule is Cn1ccnc1C(O)C1CCN(c2ccc(S(=O)(=O)N3CCCC3)cn2)CC1. The molecule has 4 heterocycles. The predicted octanol–water partition coefficient (Wildman–Crippen LogP) is 1.55. The van der Waals surface area contributed by atoms with E-state index in [0.717, 1.165) is 44.6 Å². The van der Waals surface area contributed by atoms with Gasteiger partial charge in [-0.25, -0.2) is 18.4 Å². The van der Waals surface area contributed by atoms with E-state index >= 15 is 0 Å². The summed E-state index contributed by atoms with van der Waals surface area (Å²) < 4.78 is 28.6. The molecule has 0 amide bonds. The van der Waals surface area contributed by atoms with Crippen LogP contribution in [0.4, 0.5) is 5.82 Å². The molecule has 0 bridgehead atoms. The molecule has 1 unspecified atom stereocenters. The van der Waals surface area contributed by atoms with Crippen molar-refractivity contribution in [3.63, 3.8) is 0 Å². The second kappa shape index (κ2) is 7.81. The van der Waals surface area contributed by atoms with E-state index in [1.807, 2.05) is 17.8 Å². The average Bonchev–Trinajstić information content (AvgIpc) is 3.40. The number of pyridine rings is 1. The number of imidazole rings is 1. The molecule has 2 aromatic rings. The number of nitrogens with zero attached hydrogens (tertiary/aromatic N) is 5. The van der Waals surface area contributed by atoms with Crippen LogP contribution in [0, 0.1) is 5.92 Å². The van der Waals surface area contributed by atoms with Gasteiger partial charge >= 0.3 is 0 Å². The van der Waals surface area contributed by atoms with Crippen molar-refractivity contribution in [2.45, 2.75) is 36.7 Å². The molecule has 2 saturated heterocycles. The molecular formula is C19H27N5O3S. The van der Waals surface area contributed by atoms with Crippen molar-refractivity contribution in [3.05, 3.63) is 36.5 Å². The molecule has 2 fully saturated rings. The Balaban J connectivity index is 1.39. The zero-order chi connectivity index (χ0) is 19.7. The van der Waals surface area contributed by atoms with Gasteiger partial charge in [0.1, 0.15) is 22.6 Å². The standard InChI is InChI=1S/C19H27N5O3S/c1-22-13-8-20-19(22)18(25)15-6-11-23(12-7-15)17-5-4-16(14-21-17)28(26,27)24-9-2-3-10-24/h4-5,8,13-15,18,25H,2-3,6-7,9-12H2,1H3. The summed E-state index contributed by atoms with van der Waals surface area (Å²) in [7, 11) is -1.53. The molecule has 2 aliphatic heterocycles. The highest BCUT2D eigenvalue weighted by molar-refractivity contribution is 7.89. The Morgan fingerprint density at radius 1 is 1.11 bits per heavy atom. The van der Waals surface area contributed by atoms with Crippen LogP contribution in [0.5, 0.6) is 0 Å². The molecule has 0 aliphatic carbocycles. The van der Waals surface area contributed by atoms with E-state index < -0.39 is 16.1 Å². The first-order chi connectivity index (χ1) is 13.5. The van der Waals surface area contributed by atoms with Gasteiger partial charge in [0.05, 0.1) is 0 Å². The van der Waals surface area contributed by atoms with Crippen molar-refractivity contribution in [3.8, 4) is 0 Å². The Hall–Kier alpha value is -1.97. The largest absolute Gasteiger partial charge is 0.385 e. The van der Waals surface area contributed by atoms with Crippen LogP contribution in [0.1, 0.15) is 37.6 Å². The molecule has 9 heteroatoms. The Bertz CT molecular complexity index is 898. The zero-order valence-corrected chi connectivity index (χ0v) is 16.9. The lowest BCUT2D eigenvalue weighted by Crippen LogP contribution is -2.36. The number of anilines is 1. The lowest BCUT2D eigenvalue weighted by Gasteiger charge is -2.34. The minimum absolute atomic E-state index is 0.159. The number of piperidine rings is 1. The summed E-state index contributed by atoms with van der Waals surface area (Å²) >= 11 is 0. The molecule has 1 atom stereocenters. The number of aryl methyl sites for hydroxylation is 1. The van der Waals surface area contributed by atoms with Crippen molar-refractivity contribution in [1.82, 2.24) is 18.8 Å². The van der Waals surface area contributed by atoms with Gasteiger partial charge in [0.2, 0.25) is 10.0 Å². The van der Waals surface area contributed by atoms with Gasteiger partial charge in [0.25, 0.3) is 0 Å². The van der Waals surface area contributed by atoms with Crippen molar-refractivity contribution >= 4 is 15.8 Å². The first-order valence-corrected chi connectivity index (χ1v) is 11.3. The fourth-order valence-electron chi connectivity index (χ4n) is 4.11. The van der Waals surface area contributed by atoms with Crippen LogP contribution in [0.2, 0.25) is 0 Å². The smallest absolute Gasteiger partial charge is 0.244 e. The number of aliphatic hydroxyl groups is 1. The first kappa shape index (κ1) is 19.4. The van der Waals surface area contributed by atoms with E-state index in [4.69, 9.17) is 0 Å². The Morgan fingerprint density at radius 2 is 1.82 bits per heavy atom.